The van der Waals surface area contributed by atoms with Gasteiger partial charge in [0.05, 0.1) is 15.9 Å². The van der Waals surface area contributed by atoms with E-state index in [2.05, 4.69) is 5.32 Å². The van der Waals surface area contributed by atoms with Crippen molar-refractivity contribution >= 4 is 81.1 Å². The zero-order valence-corrected chi connectivity index (χ0v) is 22.3. The highest BCUT2D eigenvalue weighted by atomic mass is 35.5. The topological polar surface area (TPSA) is 89.3 Å². The molecule has 3 aromatic rings. The summed E-state index contributed by atoms with van der Waals surface area (Å²) in [7, 11) is 0. The molecule has 1 N–H and O–H groups in total. The second-order valence-electron chi connectivity index (χ2n) is 8.51. The van der Waals surface area contributed by atoms with Crippen LogP contribution in [0, 0.1) is 23.0 Å². The van der Waals surface area contributed by atoms with Crippen LogP contribution >= 0.6 is 58.0 Å². The molecule has 4 rings (SSSR count). The molecule has 1 saturated carbocycles. The van der Waals surface area contributed by atoms with E-state index in [4.69, 9.17) is 58.0 Å². The number of nitrogens with one attached hydrogen (secondary N) is 1. The smallest absolute Gasteiger partial charge is 0.273 e. The SMILES string of the molecule is Cc1ccc(CC(=O)c2cc(NC(=O)C3C(c4cc(Cl)cc(Cl)c4)C3(Cl)Cl)ccc2Cl)c([N+](=O)[O-])c1. The summed E-state index contributed by atoms with van der Waals surface area (Å²) >= 11 is 31.2. The van der Waals surface area contributed by atoms with Gasteiger partial charge in [-0.05, 0) is 54.4 Å². The lowest BCUT2D eigenvalue weighted by atomic mass is 10.00. The van der Waals surface area contributed by atoms with E-state index in [-0.39, 0.29) is 28.3 Å². The summed E-state index contributed by atoms with van der Waals surface area (Å²) in [5, 5.41) is 15.1. The van der Waals surface area contributed by atoms with E-state index in [9.17, 15) is 19.7 Å². The molecule has 2 atom stereocenters. The van der Waals surface area contributed by atoms with E-state index < -0.39 is 32.8 Å². The summed E-state index contributed by atoms with van der Waals surface area (Å²) in [5.41, 5.74) is 1.85. The highest BCUT2D eigenvalue weighted by molar-refractivity contribution is 6.53. The summed E-state index contributed by atoms with van der Waals surface area (Å²) in [6.07, 6.45) is -0.236. The molecule has 0 heterocycles. The Morgan fingerprint density at radius 1 is 1.00 bits per heavy atom. The second-order valence-corrected chi connectivity index (χ2v) is 11.2. The van der Waals surface area contributed by atoms with E-state index in [0.29, 0.717) is 26.9 Å². The third-order valence-electron chi connectivity index (χ3n) is 5.90. The van der Waals surface area contributed by atoms with Crippen molar-refractivity contribution in [1.82, 2.24) is 0 Å². The number of rotatable bonds is 7. The minimum atomic E-state index is -1.37. The minimum absolute atomic E-state index is 0.112. The molecule has 1 amide bonds. The van der Waals surface area contributed by atoms with Crippen LogP contribution in [0.4, 0.5) is 11.4 Å². The first-order valence-corrected chi connectivity index (χ1v) is 12.5. The molecular weight excluding hydrogens is 570 g/mol. The molecule has 1 fully saturated rings. The Bertz CT molecular complexity index is 1390. The van der Waals surface area contributed by atoms with Crippen LogP contribution in [0.3, 0.4) is 0 Å². The number of alkyl halides is 2. The number of anilines is 1. The lowest BCUT2D eigenvalue weighted by Crippen LogP contribution is -2.17. The standard InChI is InChI=1S/C25H17Cl5N2O4/c1-12-2-3-13(20(6-12)32(35)36)9-21(33)18-11-17(4-5-19(18)28)31-24(34)23-22(25(23,29)30)14-7-15(26)10-16(27)8-14/h2-8,10-11,22-23H,9H2,1H3,(H,31,34). The van der Waals surface area contributed by atoms with Gasteiger partial charge >= 0.3 is 0 Å². The molecule has 11 heteroatoms. The Hall–Kier alpha value is -2.35. The molecule has 0 saturated heterocycles. The first-order valence-electron chi connectivity index (χ1n) is 10.6. The van der Waals surface area contributed by atoms with Gasteiger partial charge in [0.25, 0.3) is 5.69 Å². The van der Waals surface area contributed by atoms with Gasteiger partial charge in [-0.15, -0.1) is 23.2 Å². The van der Waals surface area contributed by atoms with Crippen molar-refractivity contribution in [3.05, 3.63) is 102 Å². The van der Waals surface area contributed by atoms with Gasteiger partial charge in [-0.25, -0.2) is 0 Å². The van der Waals surface area contributed by atoms with Gasteiger partial charge in [-0.3, -0.25) is 19.7 Å². The van der Waals surface area contributed by atoms with Crippen molar-refractivity contribution in [3.63, 3.8) is 0 Å². The Kier molecular flexibility index (Phi) is 7.56. The maximum atomic E-state index is 13.0. The predicted molar refractivity (Wildman–Crippen MR) is 143 cm³/mol. The van der Waals surface area contributed by atoms with Gasteiger partial charge in [0.1, 0.15) is 4.33 Å². The molecule has 0 bridgehead atoms. The lowest BCUT2D eigenvalue weighted by Gasteiger charge is -2.10. The monoisotopic (exact) mass is 584 g/mol. The van der Waals surface area contributed by atoms with Crippen LogP contribution in [0.5, 0.6) is 0 Å². The number of nitro benzene ring substituents is 1. The maximum absolute atomic E-state index is 13.0. The molecule has 0 aliphatic heterocycles. The van der Waals surface area contributed by atoms with Crippen molar-refractivity contribution in [2.24, 2.45) is 5.92 Å². The lowest BCUT2D eigenvalue weighted by molar-refractivity contribution is -0.385. The molecule has 6 nitrogen and oxygen atoms in total. The molecule has 1 aliphatic rings. The van der Waals surface area contributed by atoms with Gasteiger partial charge < -0.3 is 5.32 Å². The fourth-order valence-electron chi connectivity index (χ4n) is 4.12. The van der Waals surface area contributed by atoms with E-state index >= 15 is 0 Å². The van der Waals surface area contributed by atoms with Gasteiger partial charge in [-0.1, -0.05) is 46.9 Å². The minimum Gasteiger partial charge on any atom is -0.326 e. The first kappa shape index (κ1) is 26.7. The molecule has 2 unspecified atom stereocenters. The Labute approximate surface area is 231 Å². The number of carbonyl (C=O) groups excluding carboxylic acids is 2. The number of amides is 1. The maximum Gasteiger partial charge on any atom is 0.273 e. The summed E-state index contributed by atoms with van der Waals surface area (Å²) < 4.78 is -1.37. The van der Waals surface area contributed by atoms with Crippen molar-refractivity contribution in [2.45, 2.75) is 23.6 Å². The van der Waals surface area contributed by atoms with Gasteiger partial charge in [0.15, 0.2) is 5.78 Å². The quantitative estimate of drug-likeness (QED) is 0.132. The van der Waals surface area contributed by atoms with Crippen LogP contribution in [-0.2, 0) is 11.2 Å². The number of hydrogen-bond donors (Lipinski definition) is 1. The average molecular weight is 587 g/mol. The summed E-state index contributed by atoms with van der Waals surface area (Å²) in [4.78, 5) is 36.9. The van der Waals surface area contributed by atoms with Crippen molar-refractivity contribution in [1.29, 1.82) is 0 Å². The second kappa shape index (κ2) is 10.2. The summed E-state index contributed by atoms with van der Waals surface area (Å²) in [6, 6.07) is 13.9. The molecule has 0 radical (unpaired) electrons. The molecule has 1 aliphatic carbocycles. The van der Waals surface area contributed by atoms with Crippen LogP contribution in [-0.4, -0.2) is 20.9 Å². The molecule has 36 heavy (non-hydrogen) atoms. The van der Waals surface area contributed by atoms with Crippen LogP contribution in [0.15, 0.2) is 54.6 Å². The van der Waals surface area contributed by atoms with E-state index in [1.54, 1.807) is 37.3 Å². The summed E-state index contributed by atoms with van der Waals surface area (Å²) in [6.45, 7) is 1.73. The van der Waals surface area contributed by atoms with Crippen LogP contribution in [0.1, 0.15) is 33.0 Å². The third kappa shape index (κ3) is 5.48. The number of benzene rings is 3. The van der Waals surface area contributed by atoms with E-state index in [1.165, 1.54) is 24.3 Å². The molecular formula is C25H17Cl5N2O4. The number of Topliss-reactive ketones (excluding diaryl/α,β-unsaturated/α-hetero) is 1. The number of nitrogens with zero attached hydrogens (tertiary/aromatic N) is 1. The van der Waals surface area contributed by atoms with Gasteiger partial charge in [0, 0.05) is 45.3 Å². The van der Waals surface area contributed by atoms with E-state index in [0.717, 1.165) is 0 Å². The molecule has 3 aromatic carbocycles. The number of ketones is 1. The normalized spacial score (nSPS) is 17.9. The number of halogens is 5. The molecule has 186 valence electrons. The number of carbonyl (C=O) groups is 2. The van der Waals surface area contributed by atoms with E-state index in [1.807, 2.05) is 0 Å². The fraction of sp³-hybridized carbons (Fsp3) is 0.200. The number of hydrogen-bond acceptors (Lipinski definition) is 4. The fourth-order valence-corrected chi connectivity index (χ4v) is 5.71. The Balaban J connectivity index is 1.53. The first-order chi connectivity index (χ1) is 16.9. The molecule has 0 aromatic heterocycles. The van der Waals surface area contributed by atoms with Gasteiger partial charge in [0.2, 0.25) is 5.91 Å². The highest BCUT2D eigenvalue weighted by Gasteiger charge is 2.67. The predicted octanol–water partition coefficient (Wildman–Crippen LogP) is 7.81. The van der Waals surface area contributed by atoms with Crippen LogP contribution < -0.4 is 5.32 Å². The van der Waals surface area contributed by atoms with Crippen molar-refractivity contribution in [2.75, 3.05) is 5.32 Å². The highest BCUT2D eigenvalue weighted by Crippen LogP contribution is 2.65. The zero-order chi connectivity index (χ0) is 26.4. The van der Waals surface area contributed by atoms with Crippen LogP contribution in [0.25, 0.3) is 0 Å². The number of nitro groups is 1. The number of aryl methyl sites for hydroxylation is 1. The average Bonchev–Trinajstić information content (AvgIpc) is 3.37. The summed E-state index contributed by atoms with van der Waals surface area (Å²) in [5.74, 6) is -2.23. The molecule has 0 spiro atoms. The van der Waals surface area contributed by atoms with Gasteiger partial charge in [-0.2, -0.15) is 0 Å². The largest absolute Gasteiger partial charge is 0.326 e. The Morgan fingerprint density at radius 2 is 1.67 bits per heavy atom. The zero-order valence-electron chi connectivity index (χ0n) is 18.5. The Morgan fingerprint density at radius 3 is 2.31 bits per heavy atom. The van der Waals surface area contributed by atoms with Crippen LogP contribution in [0.2, 0.25) is 15.1 Å². The van der Waals surface area contributed by atoms with Crippen molar-refractivity contribution in [3.8, 4) is 0 Å². The third-order valence-corrected chi connectivity index (χ3v) is 7.61. The van der Waals surface area contributed by atoms with Crippen molar-refractivity contribution < 1.29 is 14.5 Å².